The molecule has 0 saturated heterocycles. The van der Waals surface area contributed by atoms with E-state index in [4.69, 9.17) is 4.74 Å². The van der Waals surface area contributed by atoms with Crippen LogP contribution in [0.5, 0.6) is 0 Å². The normalized spacial score (nSPS) is 13.1. The van der Waals surface area contributed by atoms with E-state index in [0.29, 0.717) is 6.04 Å². The van der Waals surface area contributed by atoms with Crippen LogP contribution in [0.2, 0.25) is 0 Å². The van der Waals surface area contributed by atoms with Crippen LogP contribution in [0.3, 0.4) is 0 Å². The van der Waals surface area contributed by atoms with Crippen LogP contribution in [0.15, 0.2) is 6.07 Å². The van der Waals surface area contributed by atoms with Crippen LogP contribution in [0.1, 0.15) is 18.3 Å². The largest absolute Gasteiger partial charge is 0.383 e. The minimum Gasteiger partial charge on any atom is -0.383 e. The van der Waals surface area contributed by atoms with Crippen molar-refractivity contribution < 1.29 is 4.74 Å². The molecule has 0 aliphatic heterocycles. The van der Waals surface area contributed by atoms with Gasteiger partial charge in [-0.2, -0.15) is 5.10 Å². The Labute approximate surface area is 91.6 Å². The fourth-order valence-corrected chi connectivity index (χ4v) is 1.79. The fraction of sp³-hybridized carbons (Fsp3) is 0.727. The fourth-order valence-electron chi connectivity index (χ4n) is 1.79. The molecule has 0 bridgehead atoms. The molecule has 1 atom stereocenters. The second kappa shape index (κ2) is 5.88. The molecule has 15 heavy (non-hydrogen) atoms. The van der Waals surface area contributed by atoms with Crippen molar-refractivity contribution in [2.75, 3.05) is 20.3 Å². The molecule has 1 unspecified atom stereocenters. The molecule has 1 N–H and O–H groups in total. The zero-order chi connectivity index (χ0) is 11.3. The second-order valence-electron chi connectivity index (χ2n) is 3.81. The minimum atomic E-state index is 0.370. The van der Waals surface area contributed by atoms with Gasteiger partial charge in [0.2, 0.25) is 0 Å². The van der Waals surface area contributed by atoms with E-state index >= 15 is 0 Å². The lowest BCUT2D eigenvalue weighted by molar-refractivity contribution is 0.166. The van der Waals surface area contributed by atoms with Crippen molar-refractivity contribution >= 4 is 0 Å². The number of hydrogen-bond donors (Lipinski definition) is 1. The number of nitrogens with one attached hydrogen (secondary N) is 1. The number of rotatable bonds is 6. The van der Waals surface area contributed by atoms with Gasteiger partial charge in [-0.1, -0.05) is 6.92 Å². The Morgan fingerprint density at radius 2 is 2.33 bits per heavy atom. The maximum absolute atomic E-state index is 5.18. The van der Waals surface area contributed by atoms with Crippen molar-refractivity contribution in [3.05, 3.63) is 17.5 Å². The summed E-state index contributed by atoms with van der Waals surface area (Å²) < 4.78 is 7.12. The van der Waals surface area contributed by atoms with Gasteiger partial charge in [-0.3, -0.25) is 4.68 Å². The molecule has 1 aromatic rings. The number of ether oxygens (including phenoxy) is 1. The first-order valence-corrected chi connectivity index (χ1v) is 5.39. The van der Waals surface area contributed by atoms with Crippen LogP contribution in [0.25, 0.3) is 0 Å². The third kappa shape index (κ3) is 3.64. The lowest BCUT2D eigenvalue weighted by Gasteiger charge is -2.16. The number of nitrogens with zero attached hydrogens (tertiary/aromatic N) is 2. The monoisotopic (exact) mass is 211 g/mol. The molecule has 0 aromatic carbocycles. The summed E-state index contributed by atoms with van der Waals surface area (Å²) in [5, 5.41) is 7.73. The first kappa shape index (κ1) is 12.2. The Morgan fingerprint density at radius 3 is 2.80 bits per heavy atom. The summed E-state index contributed by atoms with van der Waals surface area (Å²) in [5.74, 6) is 0. The van der Waals surface area contributed by atoms with Gasteiger partial charge in [-0.05, 0) is 19.5 Å². The number of aryl methyl sites for hydroxylation is 2. The zero-order valence-electron chi connectivity index (χ0n) is 10.1. The van der Waals surface area contributed by atoms with Gasteiger partial charge >= 0.3 is 0 Å². The Hall–Kier alpha value is -0.870. The number of hydrogen-bond acceptors (Lipinski definition) is 3. The summed E-state index contributed by atoms with van der Waals surface area (Å²) in [6.45, 7) is 5.82. The van der Waals surface area contributed by atoms with Gasteiger partial charge in [-0.15, -0.1) is 0 Å². The third-order valence-electron chi connectivity index (χ3n) is 2.42. The Kier molecular flexibility index (Phi) is 4.78. The molecule has 0 saturated carbocycles. The van der Waals surface area contributed by atoms with Crippen LogP contribution in [-0.4, -0.2) is 36.1 Å². The van der Waals surface area contributed by atoms with Gasteiger partial charge in [0, 0.05) is 32.3 Å². The molecule has 4 nitrogen and oxygen atoms in total. The highest BCUT2D eigenvalue weighted by atomic mass is 16.5. The van der Waals surface area contributed by atoms with Gasteiger partial charge < -0.3 is 10.1 Å². The molecule has 86 valence electrons. The van der Waals surface area contributed by atoms with Crippen LogP contribution >= 0.6 is 0 Å². The van der Waals surface area contributed by atoms with E-state index in [1.807, 2.05) is 18.7 Å². The number of methoxy groups -OCH3 is 1. The molecule has 1 aromatic heterocycles. The highest BCUT2D eigenvalue weighted by Crippen LogP contribution is 2.05. The zero-order valence-corrected chi connectivity index (χ0v) is 10.1. The lowest BCUT2D eigenvalue weighted by Crippen LogP contribution is -2.35. The molecule has 1 rings (SSSR count). The lowest BCUT2D eigenvalue weighted by atomic mass is 10.1. The average Bonchev–Trinajstić information content (AvgIpc) is 2.46. The topological polar surface area (TPSA) is 39.1 Å². The average molecular weight is 211 g/mol. The van der Waals surface area contributed by atoms with Crippen molar-refractivity contribution in [1.82, 2.24) is 15.1 Å². The van der Waals surface area contributed by atoms with Crippen molar-refractivity contribution in [3.63, 3.8) is 0 Å². The SMILES string of the molecule is CCNC(COC)Cc1cc(C)nn1C. The maximum atomic E-state index is 5.18. The van der Waals surface area contributed by atoms with Crippen LogP contribution < -0.4 is 5.32 Å². The Balaban J connectivity index is 2.60. The molecule has 0 spiro atoms. The maximum Gasteiger partial charge on any atom is 0.0619 e. The highest BCUT2D eigenvalue weighted by molar-refractivity contribution is 5.10. The standard InChI is InChI=1S/C11H21N3O/c1-5-12-10(8-15-4)7-11-6-9(2)13-14(11)3/h6,10,12H,5,7-8H2,1-4H3. The summed E-state index contributed by atoms with van der Waals surface area (Å²) in [4.78, 5) is 0. The first-order valence-electron chi connectivity index (χ1n) is 5.39. The van der Waals surface area contributed by atoms with Gasteiger partial charge in [-0.25, -0.2) is 0 Å². The number of aromatic nitrogens is 2. The van der Waals surface area contributed by atoms with Crippen molar-refractivity contribution in [3.8, 4) is 0 Å². The predicted octanol–water partition coefficient (Wildman–Crippen LogP) is 0.896. The first-order chi connectivity index (χ1) is 7.17. The quantitative estimate of drug-likeness (QED) is 0.759. The molecule has 1 heterocycles. The molecule has 0 aliphatic rings. The molecular formula is C11H21N3O. The summed E-state index contributed by atoms with van der Waals surface area (Å²) in [7, 11) is 3.72. The van der Waals surface area contributed by atoms with Crippen LogP contribution in [0, 0.1) is 6.92 Å². The summed E-state index contributed by atoms with van der Waals surface area (Å²) in [6.07, 6.45) is 0.957. The van der Waals surface area contributed by atoms with Gasteiger partial charge in [0.25, 0.3) is 0 Å². The summed E-state index contributed by atoms with van der Waals surface area (Å²) >= 11 is 0. The van der Waals surface area contributed by atoms with E-state index in [2.05, 4.69) is 23.4 Å². The van der Waals surface area contributed by atoms with Crippen molar-refractivity contribution in [2.45, 2.75) is 26.3 Å². The van der Waals surface area contributed by atoms with E-state index in [0.717, 1.165) is 25.3 Å². The summed E-state index contributed by atoms with van der Waals surface area (Å²) in [6, 6.07) is 2.50. The van der Waals surface area contributed by atoms with Crippen molar-refractivity contribution in [2.24, 2.45) is 7.05 Å². The number of likely N-dealkylation sites (N-methyl/N-ethyl adjacent to an activating group) is 1. The molecule has 0 radical (unpaired) electrons. The van der Waals surface area contributed by atoms with Gasteiger partial charge in [0.05, 0.1) is 12.3 Å². The van der Waals surface area contributed by atoms with Crippen molar-refractivity contribution in [1.29, 1.82) is 0 Å². The molecule has 4 heteroatoms. The molecule has 0 aliphatic carbocycles. The summed E-state index contributed by atoms with van der Waals surface area (Å²) in [5.41, 5.74) is 2.32. The van der Waals surface area contributed by atoms with Gasteiger partial charge in [0.15, 0.2) is 0 Å². The molecular weight excluding hydrogens is 190 g/mol. The predicted molar refractivity (Wildman–Crippen MR) is 61.0 cm³/mol. The van der Waals surface area contributed by atoms with Gasteiger partial charge in [0.1, 0.15) is 0 Å². The molecule has 0 amide bonds. The van der Waals surface area contributed by atoms with E-state index in [1.165, 1.54) is 5.69 Å². The van der Waals surface area contributed by atoms with E-state index in [-0.39, 0.29) is 0 Å². The minimum absolute atomic E-state index is 0.370. The Morgan fingerprint density at radius 1 is 1.60 bits per heavy atom. The van der Waals surface area contributed by atoms with E-state index < -0.39 is 0 Å². The highest BCUT2D eigenvalue weighted by Gasteiger charge is 2.11. The van der Waals surface area contributed by atoms with Crippen LogP contribution in [-0.2, 0) is 18.2 Å². The molecule has 0 fully saturated rings. The second-order valence-corrected chi connectivity index (χ2v) is 3.81. The van der Waals surface area contributed by atoms with E-state index in [1.54, 1.807) is 7.11 Å². The third-order valence-corrected chi connectivity index (χ3v) is 2.42. The van der Waals surface area contributed by atoms with Crippen LogP contribution in [0.4, 0.5) is 0 Å². The van der Waals surface area contributed by atoms with E-state index in [9.17, 15) is 0 Å². The smallest absolute Gasteiger partial charge is 0.0619 e. The Bertz CT molecular complexity index is 290.